The lowest BCUT2D eigenvalue weighted by Gasteiger charge is -2.34. The van der Waals surface area contributed by atoms with E-state index >= 15 is 0 Å². The number of aromatic carboxylic acids is 1. The molecule has 0 spiro atoms. The van der Waals surface area contributed by atoms with Gasteiger partial charge in [-0.15, -0.1) is 0 Å². The Morgan fingerprint density at radius 2 is 1.91 bits per heavy atom. The number of likely N-dealkylation sites (tertiary alicyclic amines) is 1. The summed E-state index contributed by atoms with van der Waals surface area (Å²) in [4.78, 5) is 24.7. The molecule has 1 aliphatic heterocycles. The maximum Gasteiger partial charge on any atom is 0.393 e. The zero-order valence-electron chi connectivity index (χ0n) is 11.4. The SMILES string of the molecule is O=C(O)c1cccc(C(=O)N2CCCC(C(F)(F)F)C2)c1I. The maximum atomic E-state index is 12.8. The van der Waals surface area contributed by atoms with Gasteiger partial charge < -0.3 is 10.0 Å². The van der Waals surface area contributed by atoms with Gasteiger partial charge in [-0.1, -0.05) is 6.07 Å². The van der Waals surface area contributed by atoms with E-state index in [1.54, 1.807) is 22.6 Å². The Labute approximate surface area is 138 Å². The van der Waals surface area contributed by atoms with Crippen LogP contribution < -0.4 is 0 Å². The Kier molecular flexibility index (Phi) is 4.98. The molecular formula is C14H13F3INO3. The number of carbonyl (C=O) groups excluding carboxylic acids is 1. The number of halogens is 4. The van der Waals surface area contributed by atoms with Gasteiger partial charge in [0.25, 0.3) is 5.91 Å². The quantitative estimate of drug-likeness (QED) is 0.737. The van der Waals surface area contributed by atoms with Gasteiger partial charge in [-0.3, -0.25) is 4.79 Å². The smallest absolute Gasteiger partial charge is 0.393 e. The van der Waals surface area contributed by atoms with E-state index in [4.69, 9.17) is 5.11 Å². The third-order valence-corrected chi connectivity index (χ3v) is 4.79. The molecule has 1 N–H and O–H groups in total. The zero-order chi connectivity index (χ0) is 16.5. The Morgan fingerprint density at radius 3 is 2.50 bits per heavy atom. The Balaban J connectivity index is 2.25. The Bertz CT molecular complexity index is 603. The van der Waals surface area contributed by atoms with Gasteiger partial charge in [0.2, 0.25) is 0 Å². The normalized spacial score (nSPS) is 19.1. The summed E-state index contributed by atoms with van der Waals surface area (Å²) >= 11 is 1.74. The summed E-state index contributed by atoms with van der Waals surface area (Å²) in [7, 11) is 0. The molecule has 2 rings (SSSR count). The van der Waals surface area contributed by atoms with Crippen LogP contribution in [0.5, 0.6) is 0 Å². The molecule has 1 amide bonds. The van der Waals surface area contributed by atoms with Crippen molar-refractivity contribution in [1.29, 1.82) is 0 Å². The molecule has 0 saturated carbocycles. The number of rotatable bonds is 2. The predicted octanol–water partition coefficient (Wildman–Crippen LogP) is 3.40. The number of hydrogen-bond acceptors (Lipinski definition) is 2. The molecule has 1 atom stereocenters. The van der Waals surface area contributed by atoms with Crippen LogP contribution in [0.2, 0.25) is 0 Å². The van der Waals surface area contributed by atoms with E-state index in [2.05, 4.69) is 0 Å². The molecule has 8 heteroatoms. The van der Waals surface area contributed by atoms with Crippen molar-refractivity contribution >= 4 is 34.5 Å². The van der Waals surface area contributed by atoms with Crippen molar-refractivity contribution in [2.75, 3.05) is 13.1 Å². The van der Waals surface area contributed by atoms with Crippen LogP contribution >= 0.6 is 22.6 Å². The van der Waals surface area contributed by atoms with E-state index in [0.29, 0.717) is 0 Å². The summed E-state index contributed by atoms with van der Waals surface area (Å²) in [6, 6.07) is 4.22. The van der Waals surface area contributed by atoms with Crippen LogP contribution in [0.1, 0.15) is 33.6 Å². The van der Waals surface area contributed by atoms with Crippen molar-refractivity contribution in [3.63, 3.8) is 0 Å². The van der Waals surface area contributed by atoms with Crippen molar-refractivity contribution in [1.82, 2.24) is 4.90 Å². The maximum absolute atomic E-state index is 12.8. The summed E-state index contributed by atoms with van der Waals surface area (Å²) in [5.41, 5.74) is 0.0964. The first-order valence-electron chi connectivity index (χ1n) is 6.59. The number of amides is 1. The molecule has 1 unspecified atom stereocenters. The molecule has 0 aromatic heterocycles. The van der Waals surface area contributed by atoms with Gasteiger partial charge in [0.15, 0.2) is 0 Å². The highest BCUT2D eigenvalue weighted by Crippen LogP contribution is 2.33. The highest BCUT2D eigenvalue weighted by Gasteiger charge is 2.43. The lowest BCUT2D eigenvalue weighted by Crippen LogP contribution is -2.44. The lowest BCUT2D eigenvalue weighted by molar-refractivity contribution is -0.184. The number of benzene rings is 1. The van der Waals surface area contributed by atoms with Crippen LogP contribution in [0.15, 0.2) is 18.2 Å². The van der Waals surface area contributed by atoms with Gasteiger partial charge >= 0.3 is 12.1 Å². The van der Waals surface area contributed by atoms with E-state index < -0.39 is 24.0 Å². The van der Waals surface area contributed by atoms with Crippen LogP contribution in [0.4, 0.5) is 13.2 Å². The van der Waals surface area contributed by atoms with Crippen LogP contribution in [0.25, 0.3) is 0 Å². The van der Waals surface area contributed by atoms with Gasteiger partial charge in [0.05, 0.1) is 17.0 Å². The second-order valence-corrected chi connectivity index (χ2v) is 6.18. The molecule has 1 aromatic rings. The fourth-order valence-corrected chi connectivity index (χ4v) is 3.28. The number of carbonyl (C=O) groups is 2. The van der Waals surface area contributed by atoms with Crippen molar-refractivity contribution in [3.8, 4) is 0 Å². The molecular weight excluding hydrogens is 414 g/mol. The highest BCUT2D eigenvalue weighted by molar-refractivity contribution is 14.1. The number of alkyl halides is 3. The molecule has 4 nitrogen and oxygen atoms in total. The molecule has 1 aromatic carbocycles. The van der Waals surface area contributed by atoms with Crippen LogP contribution in [-0.2, 0) is 0 Å². The van der Waals surface area contributed by atoms with Crippen molar-refractivity contribution in [3.05, 3.63) is 32.9 Å². The van der Waals surface area contributed by atoms with Gasteiger partial charge in [0, 0.05) is 16.7 Å². The topological polar surface area (TPSA) is 57.6 Å². The van der Waals surface area contributed by atoms with Gasteiger partial charge in [-0.2, -0.15) is 13.2 Å². The molecule has 120 valence electrons. The summed E-state index contributed by atoms with van der Waals surface area (Å²) in [5.74, 6) is -3.25. The fraction of sp³-hybridized carbons (Fsp3) is 0.429. The van der Waals surface area contributed by atoms with Crippen molar-refractivity contribution < 1.29 is 27.9 Å². The second-order valence-electron chi connectivity index (χ2n) is 5.10. The molecule has 1 heterocycles. The van der Waals surface area contributed by atoms with E-state index in [1.807, 2.05) is 0 Å². The first-order valence-corrected chi connectivity index (χ1v) is 7.67. The number of hydrogen-bond donors (Lipinski definition) is 1. The highest BCUT2D eigenvalue weighted by atomic mass is 127. The van der Waals surface area contributed by atoms with Crippen LogP contribution in [-0.4, -0.2) is 41.1 Å². The van der Waals surface area contributed by atoms with E-state index in [1.165, 1.54) is 18.2 Å². The summed E-state index contributed by atoms with van der Waals surface area (Å²) < 4.78 is 38.7. The second kappa shape index (κ2) is 6.43. The molecule has 1 fully saturated rings. The van der Waals surface area contributed by atoms with E-state index in [0.717, 1.165) is 4.90 Å². The number of piperidine rings is 1. The van der Waals surface area contributed by atoms with Gasteiger partial charge in [0.1, 0.15) is 0 Å². The third kappa shape index (κ3) is 3.53. The summed E-state index contributed by atoms with van der Waals surface area (Å²) in [5, 5.41) is 9.05. The van der Waals surface area contributed by atoms with Crippen molar-refractivity contribution in [2.24, 2.45) is 5.92 Å². The first kappa shape index (κ1) is 17.0. The third-order valence-electron chi connectivity index (χ3n) is 3.63. The Hall–Kier alpha value is -1.32. The molecule has 0 radical (unpaired) electrons. The molecule has 22 heavy (non-hydrogen) atoms. The minimum absolute atomic E-state index is 0.0134. The largest absolute Gasteiger partial charge is 0.478 e. The summed E-state index contributed by atoms with van der Waals surface area (Å²) in [6.45, 7) is -0.130. The standard InChI is InChI=1S/C14H13F3INO3/c15-14(16,17)8-3-2-6-19(7-8)12(20)9-4-1-5-10(11(9)18)13(21)22/h1,4-5,8H,2-3,6-7H2,(H,21,22). The molecule has 1 aliphatic rings. The Morgan fingerprint density at radius 1 is 1.27 bits per heavy atom. The average Bonchev–Trinajstić information content (AvgIpc) is 2.45. The molecule has 1 saturated heterocycles. The minimum atomic E-state index is -4.32. The van der Waals surface area contributed by atoms with Gasteiger partial charge in [-0.05, 0) is 47.6 Å². The first-order chi connectivity index (χ1) is 10.2. The van der Waals surface area contributed by atoms with Crippen molar-refractivity contribution in [2.45, 2.75) is 19.0 Å². The predicted molar refractivity (Wildman–Crippen MR) is 80.8 cm³/mol. The zero-order valence-corrected chi connectivity index (χ0v) is 13.5. The van der Waals surface area contributed by atoms with Gasteiger partial charge in [-0.25, -0.2) is 4.79 Å². The van der Waals surface area contributed by atoms with Crippen LogP contribution in [0, 0.1) is 9.49 Å². The molecule has 0 bridgehead atoms. The summed E-state index contributed by atoms with van der Waals surface area (Å²) in [6.07, 6.45) is -4.03. The monoisotopic (exact) mass is 427 g/mol. The van der Waals surface area contributed by atoms with E-state index in [9.17, 15) is 22.8 Å². The number of carboxylic acids is 1. The number of carboxylic acid groups (broad SMARTS) is 1. The fourth-order valence-electron chi connectivity index (χ4n) is 2.46. The van der Waals surface area contributed by atoms with E-state index in [-0.39, 0.29) is 40.6 Å². The minimum Gasteiger partial charge on any atom is -0.478 e. The average molecular weight is 427 g/mol. The molecule has 0 aliphatic carbocycles. The lowest BCUT2D eigenvalue weighted by atomic mass is 9.96. The van der Waals surface area contributed by atoms with Crippen LogP contribution in [0.3, 0.4) is 0 Å². The number of nitrogens with zero attached hydrogens (tertiary/aromatic N) is 1.